The van der Waals surface area contributed by atoms with Gasteiger partial charge in [-0.05, 0) is 19.3 Å². The molecule has 0 atom stereocenters. The van der Waals surface area contributed by atoms with E-state index < -0.39 is 0 Å². The molecule has 1 nitrogen and oxygen atoms in total. The van der Waals surface area contributed by atoms with E-state index in [0.717, 1.165) is 6.42 Å². The first kappa shape index (κ1) is 6.05. The smallest absolute Gasteiger partial charge is 0.0644 e. The molecule has 0 radical (unpaired) electrons. The Bertz CT molecular complexity index is 36.5. The summed E-state index contributed by atoms with van der Waals surface area (Å²) in [7, 11) is 0. The molecule has 0 heterocycles. The number of rotatable bonds is 3. The highest BCUT2D eigenvalue weighted by Crippen LogP contribution is 1.82. The van der Waals surface area contributed by atoms with Gasteiger partial charge in [-0.25, -0.2) is 0 Å². The molecule has 0 N–H and O–H groups in total. The zero-order valence-electron chi connectivity index (χ0n) is 3.55. The van der Waals surface area contributed by atoms with Crippen molar-refractivity contribution in [1.82, 2.24) is 0 Å². The van der Waals surface area contributed by atoms with Gasteiger partial charge in [-0.15, -0.1) is 6.58 Å². The quantitative estimate of drug-likeness (QED) is 0.246. The molecule has 36 valence electrons. The Labute approximate surface area is 43.6 Å². The molecule has 6 heavy (non-hydrogen) atoms. The third kappa shape index (κ3) is 4.05. The summed E-state index contributed by atoms with van der Waals surface area (Å²) in [6.45, 7) is 4.14. The zero-order valence-corrected chi connectivity index (χ0v) is 4.45. The fraction of sp³-hybridized carbons (Fsp3) is 0.500. The van der Waals surface area contributed by atoms with E-state index in [1.54, 1.807) is 6.08 Å². The van der Waals surface area contributed by atoms with Gasteiger partial charge in [0.25, 0.3) is 0 Å². The average Bonchev–Trinajstić information content (AvgIpc) is 1.61. The summed E-state index contributed by atoms with van der Waals surface area (Å²) in [4.78, 5) is 0. The molecule has 0 aromatic rings. The molecule has 0 saturated heterocycles. The molecule has 0 aliphatic heterocycles. The van der Waals surface area contributed by atoms with Gasteiger partial charge in [-0.2, -0.15) is 0 Å². The minimum absolute atomic E-state index is 0.659. The van der Waals surface area contributed by atoms with Crippen LogP contribution in [-0.2, 0) is 4.18 Å². The predicted molar refractivity (Wildman–Crippen MR) is 29.8 cm³/mol. The van der Waals surface area contributed by atoms with Gasteiger partial charge in [0.15, 0.2) is 0 Å². The van der Waals surface area contributed by atoms with Crippen molar-refractivity contribution in [3.05, 3.63) is 12.7 Å². The fourth-order valence-corrected chi connectivity index (χ4v) is 0.241. The average molecular weight is 104 g/mol. The van der Waals surface area contributed by atoms with Crippen molar-refractivity contribution in [2.24, 2.45) is 0 Å². The lowest BCUT2D eigenvalue weighted by atomic mass is 10.5. The van der Waals surface area contributed by atoms with Gasteiger partial charge in [0.05, 0.1) is 6.61 Å². The van der Waals surface area contributed by atoms with Crippen LogP contribution in [0.25, 0.3) is 0 Å². The summed E-state index contributed by atoms with van der Waals surface area (Å²) >= 11 is 3.51. The Morgan fingerprint density at radius 2 is 2.50 bits per heavy atom. The van der Waals surface area contributed by atoms with Crippen molar-refractivity contribution in [2.45, 2.75) is 6.42 Å². The van der Waals surface area contributed by atoms with Gasteiger partial charge < -0.3 is 4.18 Å². The maximum Gasteiger partial charge on any atom is 0.0644 e. The van der Waals surface area contributed by atoms with Crippen molar-refractivity contribution >= 4 is 12.9 Å². The fourth-order valence-electron chi connectivity index (χ4n) is 0.136. The molecule has 0 spiro atoms. The van der Waals surface area contributed by atoms with Crippen molar-refractivity contribution in [2.75, 3.05) is 6.61 Å². The normalized spacial score (nSPS) is 8.17. The number of hydrogen-bond donors (Lipinski definition) is 1. The lowest BCUT2D eigenvalue weighted by molar-refractivity contribution is 0.391. The molecule has 0 unspecified atom stereocenters. The summed E-state index contributed by atoms with van der Waals surface area (Å²) < 4.78 is 4.41. The van der Waals surface area contributed by atoms with Crippen LogP contribution in [0.1, 0.15) is 6.42 Å². The van der Waals surface area contributed by atoms with E-state index in [0.29, 0.717) is 6.61 Å². The maximum absolute atomic E-state index is 4.41. The molecular weight excluding hydrogens is 96.1 g/mol. The SMILES string of the molecule is C=CCCOS. The van der Waals surface area contributed by atoms with Crippen LogP contribution < -0.4 is 0 Å². The van der Waals surface area contributed by atoms with Gasteiger partial charge in [-0.3, -0.25) is 0 Å². The molecule has 0 aliphatic rings. The summed E-state index contributed by atoms with van der Waals surface area (Å²) in [5.41, 5.74) is 0. The highest BCUT2D eigenvalue weighted by molar-refractivity contribution is 7.75. The minimum Gasteiger partial charge on any atom is -0.318 e. The summed E-state index contributed by atoms with van der Waals surface area (Å²) in [5, 5.41) is 0. The Morgan fingerprint density at radius 3 is 2.67 bits per heavy atom. The third-order valence-corrected chi connectivity index (χ3v) is 0.596. The Morgan fingerprint density at radius 1 is 1.83 bits per heavy atom. The van der Waals surface area contributed by atoms with E-state index in [1.165, 1.54) is 0 Å². The van der Waals surface area contributed by atoms with Crippen LogP contribution in [0.3, 0.4) is 0 Å². The molecule has 0 fully saturated rings. The van der Waals surface area contributed by atoms with Gasteiger partial charge in [0.2, 0.25) is 0 Å². The monoisotopic (exact) mass is 104 g/mol. The van der Waals surface area contributed by atoms with Crippen LogP contribution >= 0.6 is 12.9 Å². The highest BCUT2D eigenvalue weighted by atomic mass is 32.1. The standard InChI is InChI=1S/C4H8OS/c1-2-3-4-5-6/h2,6H,1,3-4H2. The van der Waals surface area contributed by atoms with Crippen molar-refractivity contribution < 1.29 is 4.18 Å². The van der Waals surface area contributed by atoms with Crippen molar-refractivity contribution in [3.63, 3.8) is 0 Å². The van der Waals surface area contributed by atoms with Gasteiger partial charge >= 0.3 is 0 Å². The first-order valence-corrected chi connectivity index (χ1v) is 2.15. The molecule has 0 aromatic carbocycles. The van der Waals surface area contributed by atoms with Crippen LogP contribution in [0.15, 0.2) is 12.7 Å². The summed E-state index contributed by atoms with van der Waals surface area (Å²) in [5.74, 6) is 0. The predicted octanol–water partition coefficient (Wildman–Crippen LogP) is 1.42. The first-order chi connectivity index (χ1) is 2.91. The van der Waals surface area contributed by atoms with Crippen LogP contribution in [0.2, 0.25) is 0 Å². The third-order valence-electron chi connectivity index (χ3n) is 0.413. The molecule has 0 rings (SSSR count). The van der Waals surface area contributed by atoms with E-state index in [4.69, 9.17) is 0 Å². The van der Waals surface area contributed by atoms with Crippen molar-refractivity contribution in [1.29, 1.82) is 0 Å². The lowest BCUT2D eigenvalue weighted by Crippen LogP contribution is -1.76. The number of hydrogen-bond acceptors (Lipinski definition) is 2. The summed E-state index contributed by atoms with van der Waals surface area (Å²) in [6, 6.07) is 0. The maximum atomic E-state index is 4.41. The molecule has 0 bridgehead atoms. The van der Waals surface area contributed by atoms with Gasteiger partial charge in [-0.1, -0.05) is 6.08 Å². The van der Waals surface area contributed by atoms with E-state index in [2.05, 4.69) is 23.7 Å². The topological polar surface area (TPSA) is 9.23 Å². The molecule has 0 aliphatic carbocycles. The second-order valence-corrected chi connectivity index (χ2v) is 1.17. The molecule has 2 heteroatoms. The zero-order chi connectivity index (χ0) is 4.83. The second-order valence-electron chi connectivity index (χ2n) is 0.911. The van der Waals surface area contributed by atoms with E-state index in [9.17, 15) is 0 Å². The van der Waals surface area contributed by atoms with Gasteiger partial charge in [0.1, 0.15) is 0 Å². The molecular formula is C4H8OS. The molecule has 0 aromatic heterocycles. The largest absolute Gasteiger partial charge is 0.318 e. The number of thiol groups is 1. The van der Waals surface area contributed by atoms with E-state index >= 15 is 0 Å². The van der Waals surface area contributed by atoms with Crippen LogP contribution in [0, 0.1) is 0 Å². The summed E-state index contributed by atoms with van der Waals surface area (Å²) in [6.07, 6.45) is 2.67. The minimum atomic E-state index is 0.659. The van der Waals surface area contributed by atoms with Crippen LogP contribution in [0.4, 0.5) is 0 Å². The van der Waals surface area contributed by atoms with Gasteiger partial charge in [0, 0.05) is 0 Å². The second kappa shape index (κ2) is 5.05. The molecule has 0 amide bonds. The Hall–Kier alpha value is 0.0500. The van der Waals surface area contributed by atoms with E-state index in [-0.39, 0.29) is 0 Å². The van der Waals surface area contributed by atoms with Crippen LogP contribution in [-0.4, -0.2) is 6.61 Å². The van der Waals surface area contributed by atoms with Crippen LogP contribution in [0.5, 0.6) is 0 Å². The lowest BCUT2D eigenvalue weighted by Gasteiger charge is -1.84. The highest BCUT2D eigenvalue weighted by Gasteiger charge is 1.71. The van der Waals surface area contributed by atoms with E-state index in [1.807, 2.05) is 0 Å². The molecule has 0 saturated carbocycles. The Kier molecular flexibility index (Phi) is 5.09. The first-order valence-electron chi connectivity index (χ1n) is 1.79. The van der Waals surface area contributed by atoms with Crippen molar-refractivity contribution in [3.8, 4) is 0 Å². The Balaban J connectivity index is 2.49.